The Balaban J connectivity index is 1.59. The fraction of sp³-hybridized carbons (Fsp3) is 0.789. The zero-order valence-electron chi connectivity index (χ0n) is 15.9. The Morgan fingerprint density at radius 3 is 2.72 bits per heavy atom. The zero-order valence-corrected chi connectivity index (χ0v) is 15.9. The van der Waals surface area contributed by atoms with Gasteiger partial charge in [-0.2, -0.15) is 5.10 Å². The summed E-state index contributed by atoms with van der Waals surface area (Å²) in [6, 6.07) is 0.548. The highest BCUT2D eigenvalue weighted by molar-refractivity contribution is 5.75. The molecule has 0 radical (unpaired) electrons. The van der Waals surface area contributed by atoms with Crippen molar-refractivity contribution in [1.29, 1.82) is 0 Å². The van der Waals surface area contributed by atoms with E-state index in [9.17, 15) is 4.79 Å². The molecule has 1 unspecified atom stereocenters. The summed E-state index contributed by atoms with van der Waals surface area (Å²) in [5.41, 5.74) is 3.23. The Labute approximate surface area is 150 Å². The normalized spacial score (nSPS) is 21.2. The molecule has 1 aliphatic heterocycles. The SMILES string of the molecule is COCCn1nc(C)c(CNC(=O)N2CCCC2C2CCCC2)c1C. The Kier molecular flexibility index (Phi) is 5.99. The average molecular weight is 348 g/mol. The molecule has 2 fully saturated rings. The van der Waals surface area contributed by atoms with Gasteiger partial charge in [-0.1, -0.05) is 12.8 Å². The molecule has 2 aliphatic rings. The van der Waals surface area contributed by atoms with E-state index in [2.05, 4.69) is 22.2 Å². The fourth-order valence-electron chi connectivity index (χ4n) is 4.53. The van der Waals surface area contributed by atoms with Gasteiger partial charge in [-0.15, -0.1) is 0 Å². The maximum Gasteiger partial charge on any atom is 0.317 e. The molecule has 25 heavy (non-hydrogen) atoms. The molecule has 1 N–H and O–H groups in total. The Morgan fingerprint density at radius 1 is 1.24 bits per heavy atom. The number of nitrogens with zero attached hydrogens (tertiary/aromatic N) is 3. The minimum Gasteiger partial charge on any atom is -0.383 e. The molecule has 3 rings (SSSR count). The van der Waals surface area contributed by atoms with Crippen LogP contribution in [0.3, 0.4) is 0 Å². The molecule has 0 bridgehead atoms. The lowest BCUT2D eigenvalue weighted by Crippen LogP contribution is -2.45. The van der Waals surface area contributed by atoms with Crippen molar-refractivity contribution >= 4 is 6.03 Å². The van der Waals surface area contributed by atoms with Crippen LogP contribution in [0.2, 0.25) is 0 Å². The number of hydrogen-bond acceptors (Lipinski definition) is 3. The van der Waals surface area contributed by atoms with Gasteiger partial charge in [0.2, 0.25) is 0 Å². The van der Waals surface area contributed by atoms with Crippen molar-refractivity contribution in [3.05, 3.63) is 17.0 Å². The van der Waals surface area contributed by atoms with Gasteiger partial charge in [-0.25, -0.2) is 4.79 Å². The van der Waals surface area contributed by atoms with Crippen molar-refractivity contribution < 1.29 is 9.53 Å². The van der Waals surface area contributed by atoms with E-state index in [4.69, 9.17) is 4.74 Å². The van der Waals surface area contributed by atoms with Crippen LogP contribution in [0.25, 0.3) is 0 Å². The summed E-state index contributed by atoms with van der Waals surface area (Å²) < 4.78 is 7.11. The van der Waals surface area contributed by atoms with Gasteiger partial charge in [0.05, 0.1) is 18.8 Å². The van der Waals surface area contributed by atoms with E-state index >= 15 is 0 Å². The molecule has 0 aromatic carbocycles. The van der Waals surface area contributed by atoms with E-state index in [1.807, 2.05) is 11.6 Å². The zero-order chi connectivity index (χ0) is 17.8. The second-order valence-electron chi connectivity index (χ2n) is 7.47. The molecule has 2 amide bonds. The molecule has 1 aromatic rings. The molecule has 140 valence electrons. The number of amides is 2. The molecule has 1 atom stereocenters. The second kappa shape index (κ2) is 8.21. The molecule has 1 aliphatic carbocycles. The van der Waals surface area contributed by atoms with E-state index in [-0.39, 0.29) is 6.03 Å². The summed E-state index contributed by atoms with van der Waals surface area (Å²) in [7, 11) is 1.70. The summed E-state index contributed by atoms with van der Waals surface area (Å²) in [5.74, 6) is 0.716. The highest BCUT2D eigenvalue weighted by atomic mass is 16.5. The highest BCUT2D eigenvalue weighted by Crippen LogP contribution is 2.35. The first-order valence-corrected chi connectivity index (χ1v) is 9.68. The van der Waals surface area contributed by atoms with Crippen molar-refractivity contribution in [2.24, 2.45) is 5.92 Å². The van der Waals surface area contributed by atoms with Crippen LogP contribution in [0.5, 0.6) is 0 Å². The van der Waals surface area contributed by atoms with Crippen molar-refractivity contribution in [1.82, 2.24) is 20.0 Å². The third-order valence-electron chi connectivity index (χ3n) is 5.96. The minimum atomic E-state index is 0.0952. The number of urea groups is 1. The molecule has 1 saturated heterocycles. The number of aromatic nitrogens is 2. The monoisotopic (exact) mass is 348 g/mol. The Morgan fingerprint density at radius 2 is 2.00 bits per heavy atom. The number of rotatable bonds is 6. The van der Waals surface area contributed by atoms with E-state index in [0.717, 1.165) is 36.5 Å². The van der Waals surface area contributed by atoms with E-state index < -0.39 is 0 Å². The van der Waals surface area contributed by atoms with E-state index in [1.165, 1.54) is 32.1 Å². The predicted molar refractivity (Wildman–Crippen MR) is 97.5 cm³/mol. The van der Waals surface area contributed by atoms with E-state index in [1.54, 1.807) is 7.11 Å². The van der Waals surface area contributed by atoms with Crippen LogP contribution in [0, 0.1) is 19.8 Å². The lowest BCUT2D eigenvalue weighted by atomic mass is 9.96. The number of nitrogens with one attached hydrogen (secondary N) is 1. The van der Waals surface area contributed by atoms with Crippen LogP contribution in [-0.2, 0) is 17.8 Å². The first-order valence-electron chi connectivity index (χ1n) is 9.68. The number of aryl methyl sites for hydroxylation is 1. The fourth-order valence-corrected chi connectivity index (χ4v) is 4.53. The average Bonchev–Trinajstić information content (AvgIpc) is 3.32. The second-order valence-corrected chi connectivity index (χ2v) is 7.47. The van der Waals surface area contributed by atoms with Gasteiger partial charge in [0.15, 0.2) is 0 Å². The Bertz CT molecular complexity index is 592. The molecule has 0 spiro atoms. The lowest BCUT2D eigenvalue weighted by molar-refractivity contribution is 0.172. The van der Waals surface area contributed by atoms with Crippen molar-refractivity contribution in [2.45, 2.75) is 71.5 Å². The third kappa shape index (κ3) is 4.00. The van der Waals surface area contributed by atoms with Gasteiger partial charge in [-0.05, 0) is 45.4 Å². The number of carbonyl (C=O) groups excluding carboxylic acids is 1. The quantitative estimate of drug-likeness (QED) is 0.860. The van der Waals surface area contributed by atoms with Crippen LogP contribution >= 0.6 is 0 Å². The number of hydrogen-bond donors (Lipinski definition) is 1. The highest BCUT2D eigenvalue weighted by Gasteiger charge is 2.35. The van der Waals surface area contributed by atoms with Gasteiger partial charge in [0.1, 0.15) is 0 Å². The van der Waals surface area contributed by atoms with Crippen molar-refractivity contribution in [3.63, 3.8) is 0 Å². The van der Waals surface area contributed by atoms with Crippen LogP contribution in [0.15, 0.2) is 0 Å². The summed E-state index contributed by atoms with van der Waals surface area (Å²) in [5, 5.41) is 7.72. The molecule has 6 heteroatoms. The van der Waals surface area contributed by atoms with E-state index in [0.29, 0.717) is 25.1 Å². The molecular formula is C19H32N4O2. The number of ether oxygens (including phenoxy) is 1. The van der Waals surface area contributed by atoms with Gasteiger partial charge >= 0.3 is 6.03 Å². The first kappa shape index (κ1) is 18.2. The van der Waals surface area contributed by atoms with Gasteiger partial charge in [-0.3, -0.25) is 4.68 Å². The standard InChI is InChI=1S/C19H32N4O2/c1-14-17(15(2)23(21-14)11-12-25-3)13-20-19(24)22-10-6-9-18(22)16-7-4-5-8-16/h16,18H,4-13H2,1-3H3,(H,20,24). The summed E-state index contributed by atoms with van der Waals surface area (Å²) in [6.07, 6.45) is 7.55. The molecule has 2 heterocycles. The maximum atomic E-state index is 12.8. The lowest BCUT2D eigenvalue weighted by Gasteiger charge is -2.29. The van der Waals surface area contributed by atoms with Crippen LogP contribution in [-0.4, -0.2) is 47.0 Å². The molecule has 6 nitrogen and oxygen atoms in total. The number of carbonyl (C=O) groups is 1. The van der Waals surface area contributed by atoms with Crippen LogP contribution < -0.4 is 5.32 Å². The van der Waals surface area contributed by atoms with Gasteiger partial charge < -0.3 is 15.0 Å². The van der Waals surface area contributed by atoms with Crippen molar-refractivity contribution in [2.75, 3.05) is 20.3 Å². The summed E-state index contributed by atoms with van der Waals surface area (Å²) in [4.78, 5) is 14.8. The smallest absolute Gasteiger partial charge is 0.317 e. The number of likely N-dealkylation sites (tertiary alicyclic amines) is 1. The maximum absolute atomic E-state index is 12.8. The van der Waals surface area contributed by atoms with Gasteiger partial charge in [0, 0.05) is 37.5 Å². The predicted octanol–water partition coefficient (Wildman–Crippen LogP) is 3.01. The molecule has 1 saturated carbocycles. The first-order chi connectivity index (χ1) is 12.1. The summed E-state index contributed by atoms with van der Waals surface area (Å²) in [6.45, 7) is 6.91. The number of methoxy groups -OCH3 is 1. The topological polar surface area (TPSA) is 59.4 Å². The van der Waals surface area contributed by atoms with Crippen LogP contribution in [0.1, 0.15) is 55.5 Å². The summed E-state index contributed by atoms with van der Waals surface area (Å²) >= 11 is 0. The van der Waals surface area contributed by atoms with Gasteiger partial charge in [0.25, 0.3) is 0 Å². The molecular weight excluding hydrogens is 316 g/mol. The Hall–Kier alpha value is -1.56. The largest absolute Gasteiger partial charge is 0.383 e. The van der Waals surface area contributed by atoms with Crippen molar-refractivity contribution in [3.8, 4) is 0 Å². The third-order valence-corrected chi connectivity index (χ3v) is 5.96. The minimum absolute atomic E-state index is 0.0952. The van der Waals surface area contributed by atoms with Crippen LogP contribution in [0.4, 0.5) is 4.79 Å². The molecule has 1 aromatic heterocycles.